The van der Waals surface area contributed by atoms with Gasteiger partial charge in [0.1, 0.15) is 36.9 Å². The maximum atomic E-state index is 13.3. The third kappa shape index (κ3) is 6.80. The minimum absolute atomic E-state index is 0.0105. The lowest BCUT2D eigenvalue weighted by molar-refractivity contribution is -0.134. The van der Waals surface area contributed by atoms with Crippen LogP contribution in [0.3, 0.4) is 0 Å². The van der Waals surface area contributed by atoms with Gasteiger partial charge in [-0.05, 0) is 11.8 Å². The molecule has 1 aliphatic rings. The van der Waals surface area contributed by atoms with Gasteiger partial charge in [0.15, 0.2) is 17.1 Å². The molecule has 3 aromatic heterocycles. The van der Waals surface area contributed by atoms with Gasteiger partial charge in [-0.3, -0.25) is 19.2 Å². The van der Waals surface area contributed by atoms with Crippen LogP contribution in [-0.4, -0.2) is 68.9 Å². The minimum atomic E-state index is -1.04. The molecule has 0 radical (unpaired) electrons. The van der Waals surface area contributed by atoms with Crippen LogP contribution in [0, 0.1) is 11.8 Å². The molecule has 0 aromatic carbocycles. The Balaban J connectivity index is 1.66. The van der Waals surface area contributed by atoms with Crippen molar-refractivity contribution >= 4 is 23.6 Å². The highest BCUT2D eigenvalue weighted by atomic mass is 16.4. The highest BCUT2D eigenvalue weighted by Crippen LogP contribution is 2.25. The number of amides is 4. The Morgan fingerprint density at radius 1 is 0.854 bits per heavy atom. The number of aromatic nitrogens is 3. The highest BCUT2D eigenvalue weighted by molar-refractivity contribution is 5.94. The lowest BCUT2D eigenvalue weighted by Gasteiger charge is -2.28. The maximum absolute atomic E-state index is 13.3. The monoisotopic (exact) mass is 571 g/mol. The molecular formula is C26H33N7O8. The van der Waals surface area contributed by atoms with E-state index in [0.717, 1.165) is 6.26 Å². The number of nitrogens with zero attached hydrogens (tertiary/aromatic N) is 3. The number of nitrogens with one attached hydrogen (secondary N) is 4. The second-order valence-corrected chi connectivity index (χ2v) is 10.1. The largest absolute Gasteiger partial charge is 0.446 e. The zero-order valence-corrected chi connectivity index (χ0v) is 23.1. The van der Waals surface area contributed by atoms with Gasteiger partial charge in [-0.25, -0.2) is 15.0 Å². The van der Waals surface area contributed by atoms with Crippen molar-refractivity contribution in [2.45, 2.75) is 58.7 Å². The van der Waals surface area contributed by atoms with Gasteiger partial charge in [0.25, 0.3) is 5.91 Å². The normalized spacial score (nSPS) is 21.7. The second kappa shape index (κ2) is 12.8. The zero-order valence-electron chi connectivity index (χ0n) is 23.1. The van der Waals surface area contributed by atoms with E-state index in [9.17, 15) is 24.3 Å². The number of aliphatic hydroxyl groups excluding tert-OH is 1. The van der Waals surface area contributed by atoms with E-state index >= 15 is 0 Å². The Bertz CT molecular complexity index is 1390. The number of hydrogen-bond donors (Lipinski definition) is 5. The Morgan fingerprint density at radius 3 is 2.12 bits per heavy atom. The topological polar surface area (TPSA) is 215 Å². The molecule has 0 aliphatic carbocycles. The molecule has 3 aromatic rings. The third-order valence-corrected chi connectivity index (χ3v) is 6.69. The number of rotatable bonds is 4. The molecule has 15 heteroatoms. The van der Waals surface area contributed by atoms with Gasteiger partial charge in [-0.1, -0.05) is 34.1 Å². The van der Waals surface area contributed by atoms with Crippen molar-refractivity contribution < 1.29 is 37.5 Å². The van der Waals surface area contributed by atoms with Crippen LogP contribution in [-0.2, 0) is 14.4 Å². The summed E-state index contributed by atoms with van der Waals surface area (Å²) in [6, 6.07) is -2.97. The average Bonchev–Trinajstić information content (AvgIpc) is 3.72. The van der Waals surface area contributed by atoms with Crippen molar-refractivity contribution in [3.05, 3.63) is 30.4 Å². The van der Waals surface area contributed by atoms with E-state index in [1.54, 1.807) is 13.8 Å². The molecule has 4 atom stereocenters. The first-order valence-corrected chi connectivity index (χ1v) is 13.3. The van der Waals surface area contributed by atoms with Crippen LogP contribution in [0.15, 0.2) is 32.0 Å². The molecule has 0 saturated heterocycles. The number of aliphatic hydroxyl groups is 1. The van der Waals surface area contributed by atoms with Gasteiger partial charge in [0, 0.05) is 13.0 Å². The van der Waals surface area contributed by atoms with Gasteiger partial charge >= 0.3 is 0 Å². The van der Waals surface area contributed by atoms with Crippen molar-refractivity contribution in [3.63, 3.8) is 0 Å². The average molecular weight is 572 g/mol. The van der Waals surface area contributed by atoms with Crippen LogP contribution in [0.1, 0.15) is 63.0 Å². The summed E-state index contributed by atoms with van der Waals surface area (Å²) in [5, 5.41) is 20.7. The molecule has 5 N–H and O–H groups in total. The molecule has 0 spiro atoms. The first kappa shape index (κ1) is 29.5. The lowest BCUT2D eigenvalue weighted by atomic mass is 9.96. The SMILES string of the molecule is CC[C@@H](C)[C@H]1NC(=O)CCNC(=O)c2coc(n2)-c2coc(n2)-c2coc(n2)C(CO)NC(=O)[C@H](C(C)C)NC1=O. The van der Waals surface area contributed by atoms with E-state index in [2.05, 4.69) is 36.2 Å². The second-order valence-electron chi connectivity index (χ2n) is 10.1. The Morgan fingerprint density at radius 2 is 1.46 bits per heavy atom. The fraction of sp³-hybridized carbons (Fsp3) is 0.500. The van der Waals surface area contributed by atoms with Crippen molar-refractivity contribution in [1.29, 1.82) is 0 Å². The van der Waals surface area contributed by atoms with E-state index < -0.39 is 48.4 Å². The van der Waals surface area contributed by atoms with E-state index in [4.69, 9.17) is 13.3 Å². The third-order valence-electron chi connectivity index (χ3n) is 6.69. The van der Waals surface area contributed by atoms with E-state index in [-0.39, 0.29) is 59.6 Å². The summed E-state index contributed by atoms with van der Waals surface area (Å²) in [5.74, 6) is -2.72. The molecule has 41 heavy (non-hydrogen) atoms. The lowest BCUT2D eigenvalue weighted by Crippen LogP contribution is -2.57. The highest BCUT2D eigenvalue weighted by Gasteiger charge is 2.33. The molecule has 4 amide bonds. The van der Waals surface area contributed by atoms with Crippen molar-refractivity contribution in [1.82, 2.24) is 36.2 Å². The minimum Gasteiger partial charge on any atom is -0.446 e. The summed E-state index contributed by atoms with van der Waals surface area (Å²) in [6.45, 7) is 6.61. The number of fused-ring (bicyclic) bond motifs is 8. The van der Waals surface area contributed by atoms with Crippen LogP contribution < -0.4 is 21.3 Å². The van der Waals surface area contributed by atoms with Crippen LogP contribution in [0.25, 0.3) is 23.2 Å². The van der Waals surface area contributed by atoms with Gasteiger partial charge < -0.3 is 39.6 Å². The summed E-state index contributed by atoms with van der Waals surface area (Å²) in [5.41, 5.74) is 0.323. The molecule has 220 valence electrons. The number of hydrogen-bond acceptors (Lipinski definition) is 11. The van der Waals surface area contributed by atoms with Gasteiger partial charge in [-0.15, -0.1) is 0 Å². The maximum Gasteiger partial charge on any atom is 0.273 e. The van der Waals surface area contributed by atoms with Crippen LogP contribution in [0.4, 0.5) is 0 Å². The zero-order chi connectivity index (χ0) is 29.7. The first-order chi connectivity index (χ1) is 19.6. The molecule has 0 fully saturated rings. The molecule has 1 unspecified atom stereocenters. The quantitative estimate of drug-likeness (QED) is 0.297. The predicted molar refractivity (Wildman–Crippen MR) is 141 cm³/mol. The molecule has 0 saturated carbocycles. The van der Waals surface area contributed by atoms with E-state index in [1.807, 2.05) is 13.8 Å². The molecule has 4 heterocycles. The molecular weight excluding hydrogens is 538 g/mol. The fourth-order valence-electron chi connectivity index (χ4n) is 4.08. The summed E-state index contributed by atoms with van der Waals surface area (Å²) in [7, 11) is 0. The number of carbonyl (C=O) groups is 4. The summed E-state index contributed by atoms with van der Waals surface area (Å²) in [6.07, 6.45) is 4.11. The fourth-order valence-corrected chi connectivity index (χ4v) is 4.08. The van der Waals surface area contributed by atoms with Crippen LogP contribution >= 0.6 is 0 Å². The predicted octanol–water partition coefficient (Wildman–Crippen LogP) is 0.939. The summed E-state index contributed by atoms with van der Waals surface area (Å²) < 4.78 is 16.3. The van der Waals surface area contributed by atoms with Crippen molar-refractivity contribution in [2.24, 2.45) is 11.8 Å². The Hall–Kier alpha value is -4.53. The number of carbonyl (C=O) groups excluding carboxylic acids is 4. The summed E-state index contributed by atoms with van der Waals surface area (Å²) >= 11 is 0. The van der Waals surface area contributed by atoms with Crippen molar-refractivity contribution in [3.8, 4) is 23.2 Å². The van der Waals surface area contributed by atoms with Gasteiger partial charge in [-0.2, -0.15) is 0 Å². The van der Waals surface area contributed by atoms with Crippen molar-refractivity contribution in [2.75, 3.05) is 13.2 Å². The molecule has 4 rings (SSSR count). The van der Waals surface area contributed by atoms with Crippen LogP contribution in [0.5, 0.6) is 0 Å². The standard InChI is InChI=1S/C26H33N7O8/c1-5-13(4)20-23(38)33-19(12(2)3)22(37)28-14(8-34)24-30-17(10-40-24)26-31-16(11-41-26)25-29-15(9-39-25)21(36)27-7-6-18(35)32-20/h9-14,19-20,34H,5-8H2,1-4H3,(H,27,36)(H,28,37)(H,32,35)(H,33,38)/t13-,14?,19+,20-/m1/s1. The Labute approximate surface area is 234 Å². The molecule has 1 aliphatic heterocycles. The summed E-state index contributed by atoms with van der Waals surface area (Å²) in [4.78, 5) is 64.5. The first-order valence-electron chi connectivity index (χ1n) is 13.3. The van der Waals surface area contributed by atoms with Crippen LogP contribution in [0.2, 0.25) is 0 Å². The van der Waals surface area contributed by atoms with E-state index in [1.165, 1.54) is 12.5 Å². The van der Waals surface area contributed by atoms with Gasteiger partial charge in [0.2, 0.25) is 35.4 Å². The Kier molecular flexibility index (Phi) is 9.17. The molecule has 15 nitrogen and oxygen atoms in total. The smallest absolute Gasteiger partial charge is 0.273 e. The van der Waals surface area contributed by atoms with Gasteiger partial charge in [0.05, 0.1) is 6.61 Å². The molecule has 6 bridgehead atoms. The van der Waals surface area contributed by atoms with E-state index in [0.29, 0.717) is 6.42 Å². The number of oxazole rings is 3.